The average molecular weight is 245 g/mol. The summed E-state index contributed by atoms with van der Waals surface area (Å²) in [7, 11) is 0. The van der Waals surface area contributed by atoms with Crippen LogP contribution in [0.1, 0.15) is 24.6 Å². The third-order valence-electron chi connectivity index (χ3n) is 3.81. The van der Waals surface area contributed by atoms with Crippen LogP contribution in [0.5, 0.6) is 0 Å². The molecule has 18 heavy (non-hydrogen) atoms. The zero-order valence-electron chi connectivity index (χ0n) is 10.9. The number of fused-ring (bicyclic) bond motifs is 1. The van der Waals surface area contributed by atoms with Crippen molar-refractivity contribution in [1.29, 1.82) is 0 Å². The fraction of sp³-hybridized carbons (Fsp3) is 0.500. The van der Waals surface area contributed by atoms with Gasteiger partial charge >= 0.3 is 0 Å². The molecule has 0 spiro atoms. The fourth-order valence-corrected chi connectivity index (χ4v) is 2.63. The second kappa shape index (κ2) is 4.07. The number of imidazole rings is 1. The Hall–Kier alpha value is -1.39. The van der Waals surface area contributed by atoms with E-state index in [1.54, 1.807) is 0 Å². The number of hydrogen-bond acceptors (Lipinski definition) is 3. The first-order valence-corrected chi connectivity index (χ1v) is 6.47. The molecular formula is C14H19N3O. The lowest BCUT2D eigenvalue weighted by Gasteiger charge is -2.45. The molecule has 0 bridgehead atoms. The minimum absolute atomic E-state index is 0.463. The van der Waals surface area contributed by atoms with Crippen molar-refractivity contribution >= 4 is 5.65 Å². The Kier molecular flexibility index (Phi) is 2.64. The summed E-state index contributed by atoms with van der Waals surface area (Å²) in [5.74, 6) is 0. The summed E-state index contributed by atoms with van der Waals surface area (Å²) in [5, 5.41) is 9.98. The van der Waals surface area contributed by atoms with Crippen LogP contribution in [-0.4, -0.2) is 38.1 Å². The van der Waals surface area contributed by atoms with Crippen LogP contribution in [0.4, 0.5) is 0 Å². The maximum Gasteiger partial charge on any atom is 0.139 e. The van der Waals surface area contributed by atoms with Crippen molar-refractivity contribution < 1.29 is 5.11 Å². The van der Waals surface area contributed by atoms with E-state index in [4.69, 9.17) is 0 Å². The zero-order chi connectivity index (χ0) is 12.8. The molecule has 3 rings (SSSR count). The Morgan fingerprint density at radius 3 is 2.89 bits per heavy atom. The van der Waals surface area contributed by atoms with Gasteiger partial charge in [0, 0.05) is 32.0 Å². The van der Waals surface area contributed by atoms with Gasteiger partial charge in [-0.15, -0.1) is 0 Å². The Bertz CT molecular complexity index is 569. The van der Waals surface area contributed by atoms with Crippen LogP contribution >= 0.6 is 0 Å². The second-order valence-electron chi connectivity index (χ2n) is 5.38. The molecule has 4 nitrogen and oxygen atoms in total. The fourth-order valence-electron chi connectivity index (χ4n) is 2.63. The summed E-state index contributed by atoms with van der Waals surface area (Å²) >= 11 is 0. The first-order valence-electron chi connectivity index (χ1n) is 6.47. The Morgan fingerprint density at radius 2 is 2.22 bits per heavy atom. The van der Waals surface area contributed by atoms with E-state index in [2.05, 4.69) is 33.5 Å². The third kappa shape index (κ3) is 1.91. The lowest BCUT2D eigenvalue weighted by atomic mass is 9.91. The third-order valence-corrected chi connectivity index (χ3v) is 3.81. The molecule has 0 amide bonds. The zero-order valence-corrected chi connectivity index (χ0v) is 10.9. The van der Waals surface area contributed by atoms with E-state index in [9.17, 15) is 5.11 Å². The van der Waals surface area contributed by atoms with E-state index in [0.29, 0.717) is 0 Å². The van der Waals surface area contributed by atoms with Crippen molar-refractivity contribution in [2.75, 3.05) is 13.1 Å². The molecule has 1 aliphatic rings. The van der Waals surface area contributed by atoms with Gasteiger partial charge in [0.15, 0.2) is 0 Å². The molecule has 1 N–H and O–H groups in total. The standard InChI is InChI=1S/C14H19N3O/c1-3-14(18)9-16(10-14)7-12-8-17-6-4-5-11(2)13(17)15-12/h4-6,8,18H,3,7,9-10H2,1-2H3. The molecule has 96 valence electrons. The van der Waals surface area contributed by atoms with E-state index < -0.39 is 5.60 Å². The van der Waals surface area contributed by atoms with Crippen molar-refractivity contribution in [2.24, 2.45) is 0 Å². The summed E-state index contributed by atoms with van der Waals surface area (Å²) < 4.78 is 2.07. The molecule has 0 aliphatic carbocycles. The largest absolute Gasteiger partial charge is 0.387 e. The first kappa shape index (κ1) is 11.7. The van der Waals surface area contributed by atoms with Crippen LogP contribution in [-0.2, 0) is 6.54 Å². The Morgan fingerprint density at radius 1 is 1.44 bits per heavy atom. The van der Waals surface area contributed by atoms with Gasteiger partial charge in [0.2, 0.25) is 0 Å². The van der Waals surface area contributed by atoms with Crippen LogP contribution in [0.15, 0.2) is 24.5 Å². The van der Waals surface area contributed by atoms with Gasteiger partial charge in [0.1, 0.15) is 5.65 Å². The normalized spacial score (nSPS) is 19.1. The minimum Gasteiger partial charge on any atom is -0.387 e. The highest BCUT2D eigenvalue weighted by molar-refractivity contribution is 5.47. The number of nitrogens with zero attached hydrogens (tertiary/aromatic N) is 3. The van der Waals surface area contributed by atoms with E-state index in [1.165, 1.54) is 5.56 Å². The van der Waals surface area contributed by atoms with Crippen molar-refractivity contribution in [3.63, 3.8) is 0 Å². The maximum absolute atomic E-state index is 9.98. The van der Waals surface area contributed by atoms with Gasteiger partial charge < -0.3 is 9.51 Å². The summed E-state index contributed by atoms with van der Waals surface area (Å²) in [6.07, 6.45) is 4.93. The average Bonchev–Trinajstić information content (AvgIpc) is 2.71. The number of β-amino-alcohol motifs (C(OH)–C–C–N with tert-alkyl or cyclic N) is 1. The van der Waals surface area contributed by atoms with E-state index in [1.807, 2.05) is 19.2 Å². The van der Waals surface area contributed by atoms with Gasteiger partial charge in [-0.2, -0.15) is 0 Å². The number of aromatic nitrogens is 2. The predicted molar refractivity (Wildman–Crippen MR) is 70.4 cm³/mol. The molecule has 0 atom stereocenters. The van der Waals surface area contributed by atoms with Crippen LogP contribution in [0.2, 0.25) is 0 Å². The van der Waals surface area contributed by atoms with Crippen molar-refractivity contribution in [2.45, 2.75) is 32.4 Å². The lowest BCUT2D eigenvalue weighted by molar-refractivity contribution is -0.103. The molecule has 0 aromatic carbocycles. The van der Waals surface area contributed by atoms with Crippen LogP contribution < -0.4 is 0 Å². The Balaban J connectivity index is 1.75. The number of likely N-dealkylation sites (tertiary alicyclic amines) is 1. The van der Waals surface area contributed by atoms with Gasteiger partial charge in [0.25, 0.3) is 0 Å². The van der Waals surface area contributed by atoms with Gasteiger partial charge in [0.05, 0.1) is 11.3 Å². The number of rotatable bonds is 3. The highest BCUT2D eigenvalue weighted by Gasteiger charge is 2.39. The molecule has 2 aromatic rings. The SMILES string of the molecule is CCC1(O)CN(Cc2cn3cccc(C)c3n2)C1. The monoisotopic (exact) mass is 245 g/mol. The minimum atomic E-state index is -0.463. The van der Waals surface area contributed by atoms with E-state index in [-0.39, 0.29) is 0 Å². The van der Waals surface area contributed by atoms with E-state index in [0.717, 1.165) is 37.4 Å². The first-order chi connectivity index (χ1) is 8.59. The Labute approximate surface area is 107 Å². The van der Waals surface area contributed by atoms with Gasteiger partial charge in [-0.1, -0.05) is 13.0 Å². The molecule has 1 fully saturated rings. The lowest BCUT2D eigenvalue weighted by Crippen LogP contribution is -2.60. The summed E-state index contributed by atoms with van der Waals surface area (Å²) in [6, 6.07) is 4.11. The van der Waals surface area contributed by atoms with Gasteiger partial charge in [-0.3, -0.25) is 4.90 Å². The summed E-state index contributed by atoms with van der Waals surface area (Å²) in [6.45, 7) is 6.45. The molecule has 0 unspecified atom stereocenters. The molecule has 4 heteroatoms. The van der Waals surface area contributed by atoms with Crippen molar-refractivity contribution in [1.82, 2.24) is 14.3 Å². The predicted octanol–water partition coefficient (Wildman–Crippen LogP) is 1.60. The molecule has 0 radical (unpaired) electrons. The molecule has 2 aromatic heterocycles. The number of aliphatic hydroxyl groups is 1. The van der Waals surface area contributed by atoms with Gasteiger partial charge in [-0.05, 0) is 25.0 Å². The van der Waals surface area contributed by atoms with Gasteiger partial charge in [-0.25, -0.2) is 4.98 Å². The molecular weight excluding hydrogens is 226 g/mol. The highest BCUT2D eigenvalue weighted by atomic mass is 16.3. The molecule has 0 saturated carbocycles. The molecule has 3 heterocycles. The highest BCUT2D eigenvalue weighted by Crippen LogP contribution is 2.25. The van der Waals surface area contributed by atoms with Crippen LogP contribution in [0.25, 0.3) is 5.65 Å². The number of hydrogen-bond donors (Lipinski definition) is 1. The number of pyridine rings is 1. The molecule has 1 aliphatic heterocycles. The number of aryl methyl sites for hydroxylation is 1. The molecule has 1 saturated heterocycles. The van der Waals surface area contributed by atoms with Crippen LogP contribution in [0.3, 0.4) is 0 Å². The quantitative estimate of drug-likeness (QED) is 0.893. The maximum atomic E-state index is 9.98. The summed E-state index contributed by atoms with van der Waals surface area (Å²) in [4.78, 5) is 6.88. The summed E-state index contributed by atoms with van der Waals surface area (Å²) in [5.41, 5.74) is 2.83. The smallest absolute Gasteiger partial charge is 0.139 e. The van der Waals surface area contributed by atoms with Crippen molar-refractivity contribution in [3.8, 4) is 0 Å². The van der Waals surface area contributed by atoms with Crippen LogP contribution in [0, 0.1) is 6.92 Å². The van der Waals surface area contributed by atoms with E-state index >= 15 is 0 Å². The second-order valence-corrected chi connectivity index (χ2v) is 5.38. The van der Waals surface area contributed by atoms with Crippen molar-refractivity contribution in [3.05, 3.63) is 35.8 Å². The topological polar surface area (TPSA) is 40.8 Å².